The van der Waals surface area contributed by atoms with Gasteiger partial charge in [0.25, 0.3) is 11.8 Å². The van der Waals surface area contributed by atoms with E-state index in [9.17, 15) is 18.8 Å². The molecule has 10 heteroatoms. The number of nitrogens with one attached hydrogen (secondary N) is 3. The van der Waals surface area contributed by atoms with Crippen molar-refractivity contribution < 1.29 is 23.2 Å². The molecule has 2 aromatic rings. The maximum Gasteiger partial charge on any atom is 0.287 e. The van der Waals surface area contributed by atoms with E-state index in [0.29, 0.717) is 17.1 Å². The minimum Gasteiger partial charge on any atom is -0.459 e. The quantitative estimate of drug-likeness (QED) is 0.421. The van der Waals surface area contributed by atoms with E-state index in [2.05, 4.69) is 16.2 Å². The van der Waals surface area contributed by atoms with Crippen LogP contribution in [0.2, 0.25) is 0 Å². The molecule has 0 aliphatic heterocycles. The summed E-state index contributed by atoms with van der Waals surface area (Å²) in [6.45, 7) is 0. The number of hydrogen-bond acceptors (Lipinski definition) is 6. The number of amides is 3. The number of hydrazine groups is 1. The van der Waals surface area contributed by atoms with Gasteiger partial charge in [-0.1, -0.05) is 12.1 Å². The summed E-state index contributed by atoms with van der Waals surface area (Å²) in [4.78, 5) is 36.7. The van der Waals surface area contributed by atoms with Crippen molar-refractivity contribution in [3.8, 4) is 0 Å². The molecule has 1 atom stereocenters. The Morgan fingerprint density at radius 1 is 1.14 bits per heavy atom. The fourth-order valence-corrected chi connectivity index (χ4v) is 3.31. The van der Waals surface area contributed by atoms with Gasteiger partial charge in [-0.05, 0) is 42.7 Å². The number of benzene rings is 1. The van der Waals surface area contributed by atoms with Gasteiger partial charge in [-0.3, -0.25) is 25.2 Å². The minimum atomic E-state index is -0.843. The van der Waals surface area contributed by atoms with Gasteiger partial charge in [0.15, 0.2) is 5.76 Å². The number of rotatable bonds is 9. The van der Waals surface area contributed by atoms with E-state index in [0.717, 1.165) is 11.8 Å². The lowest BCUT2D eigenvalue weighted by molar-refractivity contribution is -0.128. The summed E-state index contributed by atoms with van der Waals surface area (Å²) in [6, 6.07) is 8.31. The third kappa shape index (κ3) is 6.93. The molecule has 0 unspecified atom stereocenters. The van der Waals surface area contributed by atoms with Crippen LogP contribution in [0.1, 0.15) is 17.0 Å². The van der Waals surface area contributed by atoms with Crippen LogP contribution in [0.15, 0.2) is 52.0 Å². The number of thioether (sulfide) groups is 2. The Labute approximate surface area is 170 Å². The lowest BCUT2D eigenvalue weighted by atomic mass is 10.2. The average molecular weight is 426 g/mol. The highest BCUT2D eigenvalue weighted by Crippen LogP contribution is 2.20. The fourth-order valence-electron chi connectivity index (χ4n) is 2.10. The van der Waals surface area contributed by atoms with Crippen LogP contribution in [-0.4, -0.2) is 41.5 Å². The molecule has 0 saturated carbocycles. The van der Waals surface area contributed by atoms with Gasteiger partial charge in [0, 0.05) is 4.90 Å². The van der Waals surface area contributed by atoms with E-state index < -0.39 is 29.6 Å². The summed E-state index contributed by atoms with van der Waals surface area (Å²) >= 11 is 2.54. The molecule has 1 aromatic heterocycles. The van der Waals surface area contributed by atoms with Gasteiger partial charge >= 0.3 is 0 Å². The van der Waals surface area contributed by atoms with Crippen molar-refractivity contribution in [2.75, 3.05) is 17.8 Å². The smallest absolute Gasteiger partial charge is 0.287 e. The number of halogens is 1. The van der Waals surface area contributed by atoms with Gasteiger partial charge in [0.2, 0.25) is 5.91 Å². The predicted octanol–water partition coefficient (Wildman–Crippen LogP) is 2.21. The molecule has 0 aliphatic rings. The SMILES string of the molecule is CSCC[C@@H](NC(=O)c1ccco1)C(=O)NNC(=O)CSc1ccccc1F. The van der Waals surface area contributed by atoms with Crippen molar-refractivity contribution >= 4 is 41.2 Å². The molecular formula is C18H20FN3O4S2. The van der Waals surface area contributed by atoms with Crippen LogP contribution < -0.4 is 16.2 Å². The standard InChI is InChI=1S/C18H20FN3O4S2/c1-27-10-8-13(20-18(25)14-6-4-9-26-14)17(24)22-21-16(23)11-28-15-7-3-2-5-12(15)19/h2-7,9,13H,8,10-11H2,1H3,(H,20,25)(H,21,23)(H,22,24)/t13-/m1/s1. The monoisotopic (exact) mass is 425 g/mol. The fraction of sp³-hybridized carbons (Fsp3) is 0.278. The largest absolute Gasteiger partial charge is 0.459 e. The summed E-state index contributed by atoms with van der Waals surface area (Å²) in [5, 5.41) is 2.58. The van der Waals surface area contributed by atoms with E-state index in [1.165, 1.54) is 30.2 Å². The summed E-state index contributed by atoms with van der Waals surface area (Å²) in [6.07, 6.45) is 3.61. The van der Waals surface area contributed by atoms with Crippen LogP contribution in [0.3, 0.4) is 0 Å². The van der Waals surface area contributed by atoms with Gasteiger partial charge in [0.05, 0.1) is 12.0 Å². The molecule has 2 rings (SSSR count). The number of hydrogen-bond donors (Lipinski definition) is 3. The Hall–Kier alpha value is -2.46. The van der Waals surface area contributed by atoms with E-state index in [1.807, 2.05) is 6.26 Å². The molecule has 1 heterocycles. The Balaban J connectivity index is 1.83. The number of furan rings is 1. The summed E-state index contributed by atoms with van der Waals surface area (Å²) in [7, 11) is 0. The van der Waals surface area contributed by atoms with Crippen molar-refractivity contribution in [1.29, 1.82) is 0 Å². The Morgan fingerprint density at radius 2 is 1.93 bits per heavy atom. The molecule has 7 nitrogen and oxygen atoms in total. The first kappa shape index (κ1) is 21.8. The highest BCUT2D eigenvalue weighted by atomic mass is 32.2. The lowest BCUT2D eigenvalue weighted by Crippen LogP contribution is -2.52. The van der Waals surface area contributed by atoms with Crippen LogP contribution in [0.4, 0.5) is 4.39 Å². The predicted molar refractivity (Wildman–Crippen MR) is 106 cm³/mol. The molecule has 0 spiro atoms. The van der Waals surface area contributed by atoms with Crippen molar-refractivity contribution in [3.05, 3.63) is 54.2 Å². The van der Waals surface area contributed by atoms with Crippen LogP contribution in [0.25, 0.3) is 0 Å². The van der Waals surface area contributed by atoms with E-state index in [-0.39, 0.29) is 11.5 Å². The molecule has 0 fully saturated rings. The third-order valence-corrected chi connectivity index (χ3v) is 5.19. The highest BCUT2D eigenvalue weighted by molar-refractivity contribution is 8.00. The highest BCUT2D eigenvalue weighted by Gasteiger charge is 2.22. The van der Waals surface area contributed by atoms with Gasteiger partial charge in [-0.15, -0.1) is 11.8 Å². The lowest BCUT2D eigenvalue weighted by Gasteiger charge is -2.17. The van der Waals surface area contributed by atoms with E-state index in [4.69, 9.17) is 4.42 Å². The van der Waals surface area contributed by atoms with Crippen LogP contribution in [0, 0.1) is 5.82 Å². The first-order valence-corrected chi connectivity index (χ1v) is 10.7. The molecule has 3 N–H and O–H groups in total. The van der Waals surface area contributed by atoms with Crippen LogP contribution >= 0.6 is 23.5 Å². The molecule has 0 bridgehead atoms. The second-order valence-corrected chi connectivity index (χ2v) is 7.54. The zero-order valence-electron chi connectivity index (χ0n) is 15.1. The number of carbonyl (C=O) groups excluding carboxylic acids is 3. The first-order chi connectivity index (χ1) is 13.5. The Morgan fingerprint density at radius 3 is 2.61 bits per heavy atom. The van der Waals surface area contributed by atoms with E-state index in [1.54, 1.807) is 24.3 Å². The maximum atomic E-state index is 13.5. The zero-order chi connectivity index (χ0) is 20.4. The summed E-state index contributed by atoms with van der Waals surface area (Å²) in [5.74, 6) is -1.34. The molecule has 0 saturated heterocycles. The van der Waals surface area contributed by atoms with Crippen LogP contribution in [0.5, 0.6) is 0 Å². The molecule has 150 valence electrons. The summed E-state index contributed by atoms with van der Waals surface area (Å²) in [5.41, 5.74) is 4.57. The van der Waals surface area contributed by atoms with Crippen molar-refractivity contribution in [2.45, 2.75) is 17.4 Å². The molecule has 0 radical (unpaired) electrons. The van der Waals surface area contributed by atoms with Crippen molar-refractivity contribution in [1.82, 2.24) is 16.2 Å². The zero-order valence-corrected chi connectivity index (χ0v) is 16.7. The van der Waals surface area contributed by atoms with Gasteiger partial charge in [0.1, 0.15) is 11.9 Å². The van der Waals surface area contributed by atoms with Crippen molar-refractivity contribution in [3.63, 3.8) is 0 Å². The summed E-state index contributed by atoms with van der Waals surface area (Å²) < 4.78 is 18.6. The second kappa shape index (κ2) is 11.4. The maximum absolute atomic E-state index is 13.5. The average Bonchev–Trinajstić information content (AvgIpc) is 3.23. The van der Waals surface area contributed by atoms with Gasteiger partial charge < -0.3 is 9.73 Å². The van der Waals surface area contributed by atoms with Crippen LogP contribution in [-0.2, 0) is 9.59 Å². The molecule has 3 amide bonds. The van der Waals surface area contributed by atoms with Gasteiger partial charge in [-0.2, -0.15) is 11.8 Å². The molecule has 1 aromatic carbocycles. The second-order valence-electron chi connectivity index (χ2n) is 5.54. The Kier molecular flexibility index (Phi) is 8.89. The molecule has 28 heavy (non-hydrogen) atoms. The normalized spacial score (nSPS) is 11.5. The molecular weight excluding hydrogens is 405 g/mol. The van der Waals surface area contributed by atoms with Crippen molar-refractivity contribution in [2.24, 2.45) is 0 Å². The minimum absolute atomic E-state index is 0.0740. The number of carbonyl (C=O) groups is 3. The van der Waals surface area contributed by atoms with Gasteiger partial charge in [-0.25, -0.2) is 4.39 Å². The first-order valence-electron chi connectivity index (χ1n) is 8.30. The topological polar surface area (TPSA) is 100 Å². The Bertz CT molecular complexity index is 802. The van der Waals surface area contributed by atoms with E-state index >= 15 is 0 Å². The molecule has 0 aliphatic carbocycles. The third-order valence-electron chi connectivity index (χ3n) is 3.50.